The SMILES string of the molecule is Cc1cc(-c2ccc(N)cc2)cc(C)c1O. The minimum Gasteiger partial charge on any atom is -0.507 e. The van der Waals surface area contributed by atoms with E-state index in [1.165, 1.54) is 0 Å². The molecule has 2 heteroatoms. The Morgan fingerprint density at radius 1 is 0.875 bits per heavy atom. The predicted molar refractivity (Wildman–Crippen MR) is 67.4 cm³/mol. The van der Waals surface area contributed by atoms with Crippen molar-refractivity contribution in [1.29, 1.82) is 0 Å². The third kappa shape index (κ3) is 1.87. The number of phenols is 1. The first kappa shape index (κ1) is 10.6. The molecule has 82 valence electrons. The molecule has 2 nitrogen and oxygen atoms in total. The van der Waals surface area contributed by atoms with Crippen molar-refractivity contribution in [3.8, 4) is 16.9 Å². The van der Waals surface area contributed by atoms with Crippen molar-refractivity contribution in [3.63, 3.8) is 0 Å². The molecule has 16 heavy (non-hydrogen) atoms. The summed E-state index contributed by atoms with van der Waals surface area (Å²) in [7, 11) is 0. The zero-order chi connectivity index (χ0) is 11.7. The lowest BCUT2D eigenvalue weighted by atomic mass is 10.00. The molecular weight excluding hydrogens is 198 g/mol. The van der Waals surface area contributed by atoms with Gasteiger partial charge in [-0.3, -0.25) is 0 Å². The van der Waals surface area contributed by atoms with Gasteiger partial charge in [0.2, 0.25) is 0 Å². The highest BCUT2D eigenvalue weighted by atomic mass is 16.3. The molecule has 3 N–H and O–H groups in total. The van der Waals surface area contributed by atoms with Gasteiger partial charge in [-0.15, -0.1) is 0 Å². The van der Waals surface area contributed by atoms with Crippen LogP contribution in [0.15, 0.2) is 36.4 Å². The largest absolute Gasteiger partial charge is 0.507 e. The van der Waals surface area contributed by atoms with Gasteiger partial charge in [0.1, 0.15) is 5.75 Å². The Morgan fingerprint density at radius 3 is 1.88 bits per heavy atom. The average molecular weight is 213 g/mol. The van der Waals surface area contributed by atoms with Crippen molar-refractivity contribution >= 4 is 5.69 Å². The van der Waals surface area contributed by atoms with Crippen molar-refractivity contribution in [2.24, 2.45) is 0 Å². The van der Waals surface area contributed by atoms with Crippen LogP contribution in [0.1, 0.15) is 11.1 Å². The standard InChI is InChI=1S/C14H15NO/c1-9-7-12(8-10(2)14(9)16)11-3-5-13(15)6-4-11/h3-8,16H,15H2,1-2H3. The van der Waals surface area contributed by atoms with Crippen molar-refractivity contribution in [3.05, 3.63) is 47.5 Å². The number of hydrogen-bond donors (Lipinski definition) is 2. The molecule has 0 aliphatic carbocycles. The Bertz CT molecular complexity index is 492. The zero-order valence-corrected chi connectivity index (χ0v) is 9.49. The quantitative estimate of drug-likeness (QED) is 0.714. The van der Waals surface area contributed by atoms with Crippen LogP contribution in [0.4, 0.5) is 5.69 Å². The first-order valence-corrected chi connectivity index (χ1v) is 5.24. The van der Waals surface area contributed by atoms with Crippen LogP contribution in [-0.4, -0.2) is 5.11 Å². The molecule has 2 rings (SSSR count). The Kier molecular flexibility index (Phi) is 2.57. The van der Waals surface area contributed by atoms with E-state index >= 15 is 0 Å². The van der Waals surface area contributed by atoms with Crippen LogP contribution in [0, 0.1) is 13.8 Å². The summed E-state index contributed by atoms with van der Waals surface area (Å²) in [5, 5.41) is 9.70. The summed E-state index contributed by atoms with van der Waals surface area (Å²) in [6.07, 6.45) is 0. The summed E-state index contributed by atoms with van der Waals surface area (Å²) in [5.41, 5.74) is 10.4. The maximum atomic E-state index is 9.70. The van der Waals surface area contributed by atoms with E-state index in [0.29, 0.717) is 5.75 Å². The number of benzene rings is 2. The molecular formula is C14H15NO. The van der Waals surface area contributed by atoms with Gasteiger partial charge in [-0.1, -0.05) is 12.1 Å². The fourth-order valence-corrected chi connectivity index (χ4v) is 1.80. The van der Waals surface area contributed by atoms with Crippen LogP contribution >= 0.6 is 0 Å². The summed E-state index contributed by atoms with van der Waals surface area (Å²) in [5.74, 6) is 0.374. The predicted octanol–water partition coefficient (Wildman–Crippen LogP) is 3.26. The highest BCUT2D eigenvalue weighted by Gasteiger charge is 2.04. The summed E-state index contributed by atoms with van der Waals surface area (Å²) in [6, 6.07) is 11.7. The minimum absolute atomic E-state index is 0.374. The van der Waals surface area contributed by atoms with Crippen LogP contribution in [0.25, 0.3) is 11.1 Å². The molecule has 2 aromatic carbocycles. The maximum Gasteiger partial charge on any atom is 0.121 e. The molecule has 0 amide bonds. The van der Waals surface area contributed by atoms with E-state index in [-0.39, 0.29) is 0 Å². The highest BCUT2D eigenvalue weighted by molar-refractivity contribution is 5.68. The lowest BCUT2D eigenvalue weighted by Crippen LogP contribution is -1.86. The van der Waals surface area contributed by atoms with E-state index in [9.17, 15) is 5.11 Å². The third-order valence-electron chi connectivity index (χ3n) is 2.74. The molecule has 0 atom stereocenters. The first-order chi connectivity index (χ1) is 7.58. The summed E-state index contributed by atoms with van der Waals surface area (Å²) >= 11 is 0. The number of nitrogen functional groups attached to an aromatic ring is 1. The number of aryl methyl sites for hydroxylation is 2. The molecule has 0 bridgehead atoms. The fourth-order valence-electron chi connectivity index (χ4n) is 1.80. The zero-order valence-electron chi connectivity index (χ0n) is 9.49. The summed E-state index contributed by atoms with van der Waals surface area (Å²) in [4.78, 5) is 0. The second-order valence-electron chi connectivity index (χ2n) is 4.08. The Labute approximate surface area is 95.4 Å². The third-order valence-corrected chi connectivity index (χ3v) is 2.74. The van der Waals surface area contributed by atoms with Gasteiger partial charge in [0.25, 0.3) is 0 Å². The molecule has 0 heterocycles. The van der Waals surface area contributed by atoms with E-state index in [4.69, 9.17) is 5.73 Å². The lowest BCUT2D eigenvalue weighted by molar-refractivity contribution is 0.467. The highest BCUT2D eigenvalue weighted by Crippen LogP contribution is 2.29. The van der Waals surface area contributed by atoms with Crippen LogP contribution in [0.2, 0.25) is 0 Å². The smallest absolute Gasteiger partial charge is 0.121 e. The number of phenolic OH excluding ortho intramolecular Hbond substituents is 1. The van der Waals surface area contributed by atoms with Gasteiger partial charge in [-0.05, 0) is 60.4 Å². The van der Waals surface area contributed by atoms with Gasteiger partial charge in [0.15, 0.2) is 0 Å². The van der Waals surface area contributed by atoms with Gasteiger partial charge in [0.05, 0.1) is 0 Å². The number of hydrogen-bond acceptors (Lipinski definition) is 2. The van der Waals surface area contributed by atoms with E-state index in [1.54, 1.807) is 0 Å². The summed E-state index contributed by atoms with van der Waals surface area (Å²) in [6.45, 7) is 3.81. The van der Waals surface area contributed by atoms with Gasteiger partial charge < -0.3 is 10.8 Å². The molecule has 0 aliphatic rings. The van der Waals surface area contributed by atoms with Crippen LogP contribution in [-0.2, 0) is 0 Å². The summed E-state index contributed by atoms with van der Waals surface area (Å²) < 4.78 is 0. The topological polar surface area (TPSA) is 46.2 Å². The van der Waals surface area contributed by atoms with Gasteiger partial charge in [0, 0.05) is 5.69 Å². The number of nitrogens with two attached hydrogens (primary N) is 1. The lowest BCUT2D eigenvalue weighted by Gasteiger charge is -2.08. The monoisotopic (exact) mass is 213 g/mol. The Morgan fingerprint density at radius 2 is 1.38 bits per heavy atom. The maximum absolute atomic E-state index is 9.70. The Balaban J connectivity index is 2.52. The van der Waals surface area contributed by atoms with Crippen molar-refractivity contribution in [2.45, 2.75) is 13.8 Å². The van der Waals surface area contributed by atoms with E-state index in [0.717, 1.165) is 27.9 Å². The molecule has 0 aliphatic heterocycles. The van der Waals surface area contributed by atoms with Crippen molar-refractivity contribution in [2.75, 3.05) is 5.73 Å². The molecule has 0 saturated heterocycles. The van der Waals surface area contributed by atoms with Crippen LogP contribution in [0.3, 0.4) is 0 Å². The normalized spacial score (nSPS) is 10.4. The van der Waals surface area contributed by atoms with Crippen molar-refractivity contribution < 1.29 is 5.11 Å². The minimum atomic E-state index is 0.374. The first-order valence-electron chi connectivity index (χ1n) is 5.24. The second kappa shape index (κ2) is 3.89. The van der Waals surface area contributed by atoms with Gasteiger partial charge in [-0.25, -0.2) is 0 Å². The van der Waals surface area contributed by atoms with Crippen LogP contribution in [0.5, 0.6) is 5.75 Å². The molecule has 0 saturated carbocycles. The van der Waals surface area contributed by atoms with Crippen LogP contribution < -0.4 is 5.73 Å². The van der Waals surface area contributed by atoms with Crippen molar-refractivity contribution in [1.82, 2.24) is 0 Å². The molecule has 0 fully saturated rings. The van der Waals surface area contributed by atoms with E-state index in [1.807, 2.05) is 50.2 Å². The van der Waals surface area contributed by atoms with Gasteiger partial charge >= 0.3 is 0 Å². The number of anilines is 1. The fraction of sp³-hybridized carbons (Fsp3) is 0.143. The molecule has 0 radical (unpaired) electrons. The van der Waals surface area contributed by atoms with E-state index in [2.05, 4.69) is 0 Å². The van der Waals surface area contributed by atoms with E-state index < -0.39 is 0 Å². The second-order valence-corrected chi connectivity index (χ2v) is 4.08. The Hall–Kier alpha value is -1.96. The number of rotatable bonds is 1. The average Bonchev–Trinajstić information content (AvgIpc) is 2.26. The molecule has 0 unspecified atom stereocenters. The molecule has 0 spiro atoms. The van der Waals surface area contributed by atoms with Gasteiger partial charge in [-0.2, -0.15) is 0 Å². The molecule has 0 aromatic heterocycles. The molecule has 2 aromatic rings. The number of aromatic hydroxyl groups is 1.